The van der Waals surface area contributed by atoms with Gasteiger partial charge in [-0.2, -0.15) is 0 Å². The molecule has 9 heteroatoms. The lowest BCUT2D eigenvalue weighted by Crippen LogP contribution is -2.37. The normalized spacial score (nSPS) is 13.4. The fraction of sp³-hybridized carbons (Fsp3) is 0.192. The van der Waals surface area contributed by atoms with Crippen LogP contribution >= 0.6 is 11.8 Å². The Hall–Kier alpha value is -3.82. The zero-order chi connectivity index (χ0) is 23.9. The third kappa shape index (κ3) is 5.82. The van der Waals surface area contributed by atoms with Crippen LogP contribution in [0.25, 0.3) is 5.69 Å². The fourth-order valence-corrected chi connectivity index (χ4v) is 4.43. The molecule has 1 fully saturated rings. The van der Waals surface area contributed by atoms with Gasteiger partial charge in [-0.15, -0.1) is 10.2 Å². The summed E-state index contributed by atoms with van der Waals surface area (Å²) in [6, 6.07) is 26.8. The number of morpholine rings is 1. The van der Waals surface area contributed by atoms with Crippen LogP contribution in [0.3, 0.4) is 0 Å². The number of benzene rings is 3. The van der Waals surface area contributed by atoms with Crippen LogP contribution in [0.4, 0.5) is 11.6 Å². The van der Waals surface area contributed by atoms with E-state index >= 15 is 0 Å². The van der Waals surface area contributed by atoms with Crippen molar-refractivity contribution in [2.24, 2.45) is 0 Å². The minimum Gasteiger partial charge on any atom is -0.457 e. The van der Waals surface area contributed by atoms with Gasteiger partial charge in [0.2, 0.25) is 11.9 Å². The number of carbonyl (C=O) groups excluding carboxylic acids is 1. The van der Waals surface area contributed by atoms with Crippen molar-refractivity contribution >= 4 is 29.3 Å². The lowest BCUT2D eigenvalue weighted by molar-refractivity contribution is -0.113. The van der Waals surface area contributed by atoms with Crippen molar-refractivity contribution in [3.05, 3.63) is 84.9 Å². The van der Waals surface area contributed by atoms with Gasteiger partial charge in [-0.05, 0) is 48.5 Å². The Labute approximate surface area is 207 Å². The molecule has 0 aliphatic carbocycles. The Balaban J connectivity index is 1.24. The van der Waals surface area contributed by atoms with Crippen molar-refractivity contribution in [1.29, 1.82) is 0 Å². The van der Waals surface area contributed by atoms with E-state index in [1.165, 1.54) is 11.8 Å². The smallest absolute Gasteiger partial charge is 0.234 e. The molecule has 2 heterocycles. The van der Waals surface area contributed by atoms with Gasteiger partial charge in [0.05, 0.1) is 24.7 Å². The van der Waals surface area contributed by atoms with Crippen molar-refractivity contribution < 1.29 is 14.3 Å². The average molecular weight is 488 g/mol. The zero-order valence-corrected chi connectivity index (χ0v) is 19.9. The molecule has 1 aromatic heterocycles. The number of rotatable bonds is 8. The van der Waals surface area contributed by atoms with Crippen molar-refractivity contribution in [2.75, 3.05) is 42.3 Å². The third-order valence-corrected chi connectivity index (χ3v) is 6.30. The standard InChI is InChI=1S/C26H25N5O3S/c32-24(27-20-11-13-23(14-12-20)34-22-9-5-2-6-10-22)19-35-26-29-28-25(30-15-17-33-18-16-30)31(26)21-7-3-1-4-8-21/h1-14H,15-19H2,(H,27,32). The molecule has 1 amide bonds. The Morgan fingerprint density at radius 3 is 2.26 bits per heavy atom. The molecule has 1 aliphatic heterocycles. The van der Waals surface area contributed by atoms with Gasteiger partial charge in [0, 0.05) is 18.8 Å². The number of nitrogens with one attached hydrogen (secondary N) is 1. The second-order valence-corrected chi connectivity index (χ2v) is 8.77. The monoisotopic (exact) mass is 487 g/mol. The average Bonchev–Trinajstić information content (AvgIpc) is 3.34. The molecule has 0 spiro atoms. The summed E-state index contributed by atoms with van der Waals surface area (Å²) in [5.41, 5.74) is 1.66. The van der Waals surface area contributed by atoms with E-state index in [4.69, 9.17) is 9.47 Å². The van der Waals surface area contributed by atoms with Crippen molar-refractivity contribution in [1.82, 2.24) is 14.8 Å². The molecule has 0 atom stereocenters. The molecular weight excluding hydrogens is 462 g/mol. The highest BCUT2D eigenvalue weighted by Gasteiger charge is 2.22. The molecule has 8 nitrogen and oxygen atoms in total. The highest BCUT2D eigenvalue weighted by Crippen LogP contribution is 2.28. The molecule has 1 N–H and O–H groups in total. The fourth-order valence-electron chi connectivity index (χ4n) is 3.68. The highest BCUT2D eigenvalue weighted by atomic mass is 32.2. The number of para-hydroxylation sites is 2. The van der Waals surface area contributed by atoms with E-state index < -0.39 is 0 Å². The predicted molar refractivity (Wildman–Crippen MR) is 137 cm³/mol. The van der Waals surface area contributed by atoms with Gasteiger partial charge in [0.15, 0.2) is 5.16 Å². The van der Waals surface area contributed by atoms with Gasteiger partial charge in [-0.25, -0.2) is 0 Å². The van der Waals surface area contributed by atoms with Crippen LogP contribution in [0.2, 0.25) is 0 Å². The Morgan fingerprint density at radius 2 is 1.54 bits per heavy atom. The van der Waals surface area contributed by atoms with Gasteiger partial charge in [-0.1, -0.05) is 48.2 Å². The van der Waals surface area contributed by atoms with Gasteiger partial charge >= 0.3 is 0 Å². The predicted octanol–water partition coefficient (Wildman–Crippen LogP) is 4.63. The maximum Gasteiger partial charge on any atom is 0.234 e. The topological polar surface area (TPSA) is 81.5 Å². The van der Waals surface area contributed by atoms with Crippen LogP contribution in [-0.4, -0.2) is 52.7 Å². The SMILES string of the molecule is O=C(CSc1nnc(N2CCOCC2)n1-c1ccccc1)Nc1ccc(Oc2ccccc2)cc1. The Bertz CT molecular complexity index is 1240. The molecule has 5 rings (SSSR count). The van der Waals surface area contributed by atoms with Gasteiger partial charge in [-0.3, -0.25) is 9.36 Å². The maximum atomic E-state index is 12.7. The van der Waals surface area contributed by atoms with E-state index in [9.17, 15) is 4.79 Å². The van der Waals surface area contributed by atoms with Crippen LogP contribution in [0.5, 0.6) is 11.5 Å². The number of anilines is 2. The van der Waals surface area contributed by atoms with Crippen molar-refractivity contribution in [3.63, 3.8) is 0 Å². The largest absolute Gasteiger partial charge is 0.457 e. The first-order chi connectivity index (χ1) is 17.3. The molecule has 1 saturated heterocycles. The van der Waals surface area contributed by atoms with Crippen molar-refractivity contribution in [3.8, 4) is 17.2 Å². The van der Waals surface area contributed by atoms with Crippen LogP contribution in [0.1, 0.15) is 0 Å². The summed E-state index contributed by atoms with van der Waals surface area (Å²) in [6.07, 6.45) is 0. The number of ether oxygens (including phenoxy) is 2. The molecule has 3 aromatic carbocycles. The first-order valence-electron chi connectivity index (χ1n) is 11.4. The third-order valence-electron chi connectivity index (χ3n) is 5.37. The number of carbonyl (C=O) groups is 1. The summed E-state index contributed by atoms with van der Waals surface area (Å²) in [7, 11) is 0. The lowest BCUT2D eigenvalue weighted by atomic mass is 10.3. The second kappa shape index (κ2) is 11.1. The number of aromatic nitrogens is 3. The van der Waals surface area contributed by atoms with Crippen LogP contribution in [0.15, 0.2) is 90.1 Å². The Morgan fingerprint density at radius 1 is 0.886 bits per heavy atom. The minimum atomic E-state index is -0.123. The van der Waals surface area contributed by atoms with Crippen LogP contribution in [0, 0.1) is 0 Å². The second-order valence-electron chi connectivity index (χ2n) is 7.83. The number of amides is 1. The molecular formula is C26H25N5O3S. The zero-order valence-electron chi connectivity index (χ0n) is 19.0. The maximum absolute atomic E-state index is 12.7. The molecule has 0 bridgehead atoms. The highest BCUT2D eigenvalue weighted by molar-refractivity contribution is 7.99. The first kappa shape index (κ1) is 22.9. The summed E-state index contributed by atoms with van der Waals surface area (Å²) < 4.78 is 13.3. The van der Waals surface area contributed by atoms with E-state index in [0.717, 1.165) is 30.5 Å². The number of thioether (sulfide) groups is 1. The van der Waals surface area contributed by atoms with E-state index in [1.807, 2.05) is 89.5 Å². The van der Waals surface area contributed by atoms with Gasteiger partial charge in [0.1, 0.15) is 11.5 Å². The quantitative estimate of drug-likeness (QED) is 0.363. The summed E-state index contributed by atoms with van der Waals surface area (Å²) in [6.45, 7) is 2.81. The number of hydrogen-bond acceptors (Lipinski definition) is 7. The molecule has 1 aliphatic rings. The Kier molecular flexibility index (Phi) is 7.26. The molecule has 0 radical (unpaired) electrons. The molecule has 35 heavy (non-hydrogen) atoms. The summed E-state index contributed by atoms with van der Waals surface area (Å²) in [5.74, 6) is 2.31. The molecule has 0 unspecified atom stereocenters. The van der Waals surface area contributed by atoms with Crippen LogP contribution in [-0.2, 0) is 9.53 Å². The van der Waals surface area contributed by atoms with Crippen LogP contribution < -0.4 is 15.0 Å². The van der Waals surface area contributed by atoms with Gasteiger partial charge in [0.25, 0.3) is 0 Å². The first-order valence-corrected chi connectivity index (χ1v) is 12.3. The lowest BCUT2D eigenvalue weighted by Gasteiger charge is -2.27. The van der Waals surface area contributed by atoms with Gasteiger partial charge < -0.3 is 19.7 Å². The van der Waals surface area contributed by atoms with E-state index in [1.54, 1.807) is 0 Å². The van der Waals surface area contributed by atoms with E-state index in [0.29, 0.717) is 29.8 Å². The number of nitrogens with zero attached hydrogens (tertiary/aromatic N) is 4. The summed E-state index contributed by atoms with van der Waals surface area (Å²) >= 11 is 1.35. The van der Waals surface area contributed by atoms with E-state index in [-0.39, 0.29) is 11.7 Å². The molecule has 178 valence electrons. The minimum absolute atomic E-state index is 0.123. The molecule has 0 saturated carbocycles. The van der Waals surface area contributed by atoms with E-state index in [2.05, 4.69) is 20.4 Å². The van der Waals surface area contributed by atoms with Crippen molar-refractivity contribution in [2.45, 2.75) is 5.16 Å². The summed E-state index contributed by atoms with van der Waals surface area (Å²) in [5, 5.41) is 12.4. The number of hydrogen-bond donors (Lipinski definition) is 1. The molecule has 4 aromatic rings. The summed E-state index contributed by atoms with van der Waals surface area (Å²) in [4.78, 5) is 14.8.